The molecule has 164 valence electrons. The molecule has 2 aliphatic rings. The number of hydrogen-bond donors (Lipinski definition) is 1. The molecule has 0 aromatic carbocycles. The zero-order valence-electron chi connectivity index (χ0n) is 19.1. The molecule has 30 heavy (non-hydrogen) atoms. The molecule has 0 saturated carbocycles. The van der Waals surface area contributed by atoms with Crippen LogP contribution >= 0.6 is 0 Å². The van der Waals surface area contributed by atoms with Gasteiger partial charge in [0.25, 0.3) is 0 Å². The van der Waals surface area contributed by atoms with E-state index in [1.165, 1.54) is 0 Å². The van der Waals surface area contributed by atoms with Crippen molar-refractivity contribution in [1.29, 1.82) is 0 Å². The van der Waals surface area contributed by atoms with Crippen LogP contribution in [0, 0.1) is 5.41 Å². The first-order valence-electron chi connectivity index (χ1n) is 10.8. The van der Waals surface area contributed by atoms with E-state index in [9.17, 15) is 14.7 Å². The van der Waals surface area contributed by atoms with Crippen LogP contribution in [-0.2, 0) is 14.3 Å². The Kier molecular flexibility index (Phi) is 8.34. The van der Waals surface area contributed by atoms with E-state index in [1.807, 2.05) is 52.0 Å². The number of ether oxygens (including phenoxy) is 1. The number of aliphatic hydroxyl groups is 1. The lowest BCUT2D eigenvalue weighted by Crippen LogP contribution is -2.22. The fourth-order valence-corrected chi connectivity index (χ4v) is 3.53. The maximum Gasteiger partial charge on any atom is 0.189 e. The van der Waals surface area contributed by atoms with Gasteiger partial charge < -0.3 is 9.84 Å². The minimum Gasteiger partial charge on any atom is -0.396 e. The van der Waals surface area contributed by atoms with Gasteiger partial charge >= 0.3 is 0 Å². The average molecular weight is 413 g/mol. The van der Waals surface area contributed by atoms with Crippen molar-refractivity contribution in [3.05, 3.63) is 58.7 Å². The predicted molar refractivity (Wildman–Crippen MR) is 121 cm³/mol. The highest BCUT2D eigenvalue weighted by molar-refractivity contribution is 6.15. The quantitative estimate of drug-likeness (QED) is 0.479. The Labute approximate surface area is 181 Å². The molecule has 0 aliphatic heterocycles. The van der Waals surface area contributed by atoms with Gasteiger partial charge in [0.15, 0.2) is 11.6 Å². The van der Waals surface area contributed by atoms with Crippen LogP contribution in [0.4, 0.5) is 0 Å². The van der Waals surface area contributed by atoms with Gasteiger partial charge in [-0.25, -0.2) is 0 Å². The Morgan fingerprint density at radius 3 is 1.73 bits per heavy atom. The Morgan fingerprint density at radius 1 is 0.833 bits per heavy atom. The summed E-state index contributed by atoms with van der Waals surface area (Å²) in [6.07, 6.45) is 15.9. The normalized spacial score (nSPS) is 17.5. The van der Waals surface area contributed by atoms with E-state index in [2.05, 4.69) is 0 Å². The minimum atomic E-state index is -0.174. The number of carbonyl (C=O) groups excluding carboxylic acids is 2. The van der Waals surface area contributed by atoms with Crippen molar-refractivity contribution in [3.63, 3.8) is 0 Å². The van der Waals surface area contributed by atoms with Gasteiger partial charge in [0.2, 0.25) is 0 Å². The third-order valence-electron chi connectivity index (χ3n) is 5.98. The summed E-state index contributed by atoms with van der Waals surface area (Å²) in [5.41, 5.74) is 2.58. The van der Waals surface area contributed by atoms with E-state index in [0.29, 0.717) is 17.6 Å². The highest BCUT2D eigenvalue weighted by atomic mass is 16.5. The molecule has 4 heteroatoms. The molecule has 1 N–H and O–H groups in total. The van der Waals surface area contributed by atoms with Gasteiger partial charge in [-0.05, 0) is 57.8 Å². The Balaban J connectivity index is 1.80. The molecule has 0 bridgehead atoms. The molecule has 0 amide bonds. The van der Waals surface area contributed by atoms with Gasteiger partial charge in [-0.3, -0.25) is 9.59 Å². The molecule has 2 aliphatic carbocycles. The van der Waals surface area contributed by atoms with Crippen LogP contribution in [-0.4, -0.2) is 36.0 Å². The number of hydrogen-bond acceptors (Lipinski definition) is 4. The van der Waals surface area contributed by atoms with Crippen LogP contribution in [0.15, 0.2) is 58.7 Å². The van der Waals surface area contributed by atoms with Crippen molar-refractivity contribution in [2.75, 3.05) is 13.7 Å². The van der Waals surface area contributed by atoms with E-state index in [4.69, 9.17) is 4.74 Å². The molecule has 0 saturated heterocycles. The highest BCUT2D eigenvalue weighted by Crippen LogP contribution is 2.28. The Morgan fingerprint density at radius 2 is 1.30 bits per heavy atom. The van der Waals surface area contributed by atoms with E-state index >= 15 is 0 Å². The second kappa shape index (κ2) is 10.3. The van der Waals surface area contributed by atoms with Crippen LogP contribution in [0.2, 0.25) is 0 Å². The summed E-state index contributed by atoms with van der Waals surface area (Å²) in [6, 6.07) is 0. The second-order valence-electron chi connectivity index (χ2n) is 9.61. The summed E-state index contributed by atoms with van der Waals surface area (Å²) < 4.78 is 5.43. The molecule has 0 heterocycles. The minimum absolute atomic E-state index is 0.0362. The first kappa shape index (κ1) is 24.2. The lowest BCUT2D eigenvalue weighted by atomic mass is 9.87. The molecule has 4 nitrogen and oxygen atoms in total. The standard InChI is InChI=1S/C26H36O4/c1-25(2,18-27)16-6-8-19-10-12-21(23(19)28)14-15-22-13-11-20(24(22)29)9-7-17-26(3,4)30-5/h10-15,27H,6-9,16-18H2,1-5H3/b15-14-. The zero-order valence-corrected chi connectivity index (χ0v) is 19.1. The summed E-state index contributed by atoms with van der Waals surface area (Å²) >= 11 is 0. The van der Waals surface area contributed by atoms with E-state index in [-0.39, 0.29) is 29.2 Å². The second-order valence-corrected chi connectivity index (χ2v) is 9.61. The van der Waals surface area contributed by atoms with Crippen molar-refractivity contribution in [2.45, 2.75) is 71.8 Å². The van der Waals surface area contributed by atoms with Gasteiger partial charge in [-0.2, -0.15) is 0 Å². The number of aliphatic hydroxyl groups excluding tert-OH is 1. The van der Waals surface area contributed by atoms with Crippen LogP contribution in [0.1, 0.15) is 66.2 Å². The van der Waals surface area contributed by atoms with Crippen LogP contribution < -0.4 is 0 Å². The summed E-state index contributed by atoms with van der Waals surface area (Å²) in [7, 11) is 1.71. The van der Waals surface area contributed by atoms with Crippen LogP contribution in [0.5, 0.6) is 0 Å². The molecular formula is C26H36O4. The van der Waals surface area contributed by atoms with Crippen molar-refractivity contribution in [2.24, 2.45) is 5.41 Å². The molecular weight excluding hydrogens is 376 g/mol. The largest absolute Gasteiger partial charge is 0.396 e. The third kappa shape index (κ3) is 6.75. The molecule has 0 spiro atoms. The predicted octanol–water partition coefficient (Wildman–Crippen LogP) is 5.20. The molecule has 0 fully saturated rings. The maximum atomic E-state index is 12.6. The molecule has 0 atom stereocenters. The fourth-order valence-electron chi connectivity index (χ4n) is 3.53. The maximum absolute atomic E-state index is 12.6. The topological polar surface area (TPSA) is 63.6 Å². The van der Waals surface area contributed by atoms with Gasteiger partial charge in [0.1, 0.15) is 0 Å². The van der Waals surface area contributed by atoms with Crippen molar-refractivity contribution in [1.82, 2.24) is 0 Å². The monoisotopic (exact) mass is 412 g/mol. The van der Waals surface area contributed by atoms with E-state index in [1.54, 1.807) is 19.3 Å². The number of carbonyl (C=O) groups is 2. The SMILES string of the molecule is COC(C)(C)CCCC1=CC=C(/C=C\C2=CC=C(CCCC(C)(C)CO)C2=O)C1=O. The number of allylic oxidation sites excluding steroid dienone is 10. The first-order valence-corrected chi connectivity index (χ1v) is 10.8. The zero-order chi connectivity index (χ0) is 22.4. The van der Waals surface area contributed by atoms with Crippen LogP contribution in [0.25, 0.3) is 0 Å². The van der Waals surface area contributed by atoms with Gasteiger partial charge in [-0.1, -0.05) is 50.3 Å². The van der Waals surface area contributed by atoms with Crippen molar-refractivity contribution < 1.29 is 19.4 Å². The number of Topliss-reactive ketones (excluding diaryl/α,β-unsaturated/α-hetero) is 2. The molecule has 0 unspecified atom stereocenters. The van der Waals surface area contributed by atoms with Crippen molar-refractivity contribution >= 4 is 11.6 Å². The van der Waals surface area contributed by atoms with E-state index in [0.717, 1.165) is 43.3 Å². The lowest BCUT2D eigenvalue weighted by Gasteiger charge is -2.22. The number of ketones is 2. The molecule has 0 radical (unpaired) electrons. The first-order chi connectivity index (χ1) is 14.1. The van der Waals surface area contributed by atoms with Crippen molar-refractivity contribution in [3.8, 4) is 0 Å². The van der Waals surface area contributed by atoms with E-state index < -0.39 is 0 Å². The van der Waals surface area contributed by atoms with Gasteiger partial charge in [0, 0.05) is 36.0 Å². The van der Waals surface area contributed by atoms with Gasteiger partial charge in [-0.15, -0.1) is 0 Å². The fraction of sp³-hybridized carbons (Fsp3) is 0.538. The summed E-state index contributed by atoms with van der Waals surface area (Å²) in [5, 5.41) is 9.34. The Hall–Kier alpha value is -2.04. The molecule has 2 rings (SSSR count). The number of rotatable bonds is 12. The Bertz CT molecular complexity index is 748. The molecule has 0 aromatic heterocycles. The summed E-state index contributed by atoms with van der Waals surface area (Å²) in [6.45, 7) is 8.29. The summed E-state index contributed by atoms with van der Waals surface area (Å²) in [4.78, 5) is 25.2. The van der Waals surface area contributed by atoms with Crippen LogP contribution in [0.3, 0.4) is 0 Å². The average Bonchev–Trinajstić information content (AvgIpc) is 3.23. The smallest absolute Gasteiger partial charge is 0.189 e. The highest BCUT2D eigenvalue weighted by Gasteiger charge is 2.22. The molecule has 0 aromatic rings. The summed E-state index contributed by atoms with van der Waals surface area (Å²) in [5.74, 6) is 0.0843. The lowest BCUT2D eigenvalue weighted by molar-refractivity contribution is -0.112. The number of methoxy groups -OCH3 is 1. The third-order valence-corrected chi connectivity index (χ3v) is 5.98. The van der Waals surface area contributed by atoms with Gasteiger partial charge in [0.05, 0.1) is 5.60 Å².